The lowest BCUT2D eigenvalue weighted by atomic mass is 9.92. The summed E-state index contributed by atoms with van der Waals surface area (Å²) in [6.07, 6.45) is 5.16. The second-order valence-electron chi connectivity index (χ2n) is 6.76. The smallest absolute Gasteiger partial charge is 0.338 e. The molecule has 0 aliphatic carbocycles. The average Bonchev–Trinajstić information content (AvgIpc) is 3.16. The highest BCUT2D eigenvalue weighted by Crippen LogP contribution is 2.33. The van der Waals surface area contributed by atoms with Gasteiger partial charge in [-0.05, 0) is 48.9 Å². The third-order valence-electron chi connectivity index (χ3n) is 4.76. The average molecular weight is 401 g/mol. The number of aryl methyl sites for hydroxylation is 1. The van der Waals surface area contributed by atoms with Crippen molar-refractivity contribution < 1.29 is 19.1 Å². The van der Waals surface area contributed by atoms with Crippen LogP contribution in [0.25, 0.3) is 11.6 Å². The van der Waals surface area contributed by atoms with Gasteiger partial charge in [0.05, 0.1) is 24.1 Å². The van der Waals surface area contributed by atoms with Crippen LogP contribution in [0.1, 0.15) is 38.8 Å². The maximum Gasteiger partial charge on any atom is 0.338 e. The summed E-state index contributed by atoms with van der Waals surface area (Å²) in [5, 5.41) is 4.13. The Morgan fingerprint density at radius 1 is 1.03 bits per heavy atom. The predicted octanol–water partition coefficient (Wildman–Crippen LogP) is 3.32. The molecule has 3 aromatic rings. The number of carbonyl (C=O) groups excluding carboxylic acids is 3. The van der Waals surface area contributed by atoms with Gasteiger partial charge in [0.15, 0.2) is 0 Å². The van der Waals surface area contributed by atoms with Crippen LogP contribution in [0.2, 0.25) is 0 Å². The van der Waals surface area contributed by atoms with E-state index in [4.69, 9.17) is 4.74 Å². The summed E-state index contributed by atoms with van der Waals surface area (Å²) in [5.41, 5.74) is 2.89. The molecule has 30 heavy (non-hydrogen) atoms. The highest BCUT2D eigenvalue weighted by atomic mass is 16.5. The van der Waals surface area contributed by atoms with E-state index in [1.165, 1.54) is 0 Å². The van der Waals surface area contributed by atoms with Crippen molar-refractivity contribution in [2.75, 3.05) is 11.5 Å². The number of carbonyl (C=O) groups is 3. The van der Waals surface area contributed by atoms with Gasteiger partial charge < -0.3 is 4.74 Å². The Bertz CT molecular complexity index is 1180. The van der Waals surface area contributed by atoms with Crippen molar-refractivity contribution >= 4 is 35.1 Å². The van der Waals surface area contributed by atoms with Crippen molar-refractivity contribution in [1.29, 1.82) is 0 Å². The second-order valence-corrected chi connectivity index (χ2v) is 6.76. The van der Waals surface area contributed by atoms with Gasteiger partial charge in [0, 0.05) is 29.9 Å². The topological polar surface area (TPSA) is 81.5 Å². The molecule has 0 unspecified atom stereocenters. The summed E-state index contributed by atoms with van der Waals surface area (Å²) in [4.78, 5) is 39.5. The molecule has 0 saturated carbocycles. The molecule has 2 heterocycles. The van der Waals surface area contributed by atoms with E-state index >= 15 is 0 Å². The lowest BCUT2D eigenvalue weighted by molar-refractivity contribution is -0.112. The minimum absolute atomic E-state index is 0.267. The molecule has 0 spiro atoms. The number of fused-ring (bicyclic) bond motifs is 1. The Hall–Kier alpha value is -4.00. The molecule has 2 aromatic carbocycles. The summed E-state index contributed by atoms with van der Waals surface area (Å²) in [6, 6.07) is 13.2. The van der Waals surface area contributed by atoms with Crippen LogP contribution >= 0.6 is 0 Å². The number of hydrogen-bond donors (Lipinski definition) is 0. The molecule has 0 bridgehead atoms. The van der Waals surface area contributed by atoms with Gasteiger partial charge in [-0.15, -0.1) is 0 Å². The van der Waals surface area contributed by atoms with E-state index in [0.29, 0.717) is 28.0 Å². The molecular formula is C23H19N3O4. The number of benzene rings is 2. The summed E-state index contributed by atoms with van der Waals surface area (Å²) in [5.74, 6) is -1.31. The summed E-state index contributed by atoms with van der Waals surface area (Å²) in [7, 11) is 1.79. The molecule has 0 fully saturated rings. The van der Waals surface area contributed by atoms with Gasteiger partial charge in [-0.2, -0.15) is 5.10 Å². The van der Waals surface area contributed by atoms with Crippen LogP contribution in [-0.2, 0) is 16.6 Å². The van der Waals surface area contributed by atoms with Crippen molar-refractivity contribution in [3.05, 3.63) is 83.2 Å². The SMILES string of the molecule is CCOC(=O)c1ccc(N2C(=O)/C(=C\c3cnn(C)c3)c3ccccc3C2=O)cc1. The van der Waals surface area contributed by atoms with Crippen LogP contribution < -0.4 is 4.90 Å². The maximum atomic E-state index is 13.3. The minimum atomic E-state index is -0.456. The molecular weight excluding hydrogens is 382 g/mol. The van der Waals surface area contributed by atoms with Gasteiger partial charge >= 0.3 is 5.97 Å². The fourth-order valence-electron chi connectivity index (χ4n) is 3.37. The number of amides is 2. The highest BCUT2D eigenvalue weighted by Gasteiger charge is 2.35. The maximum absolute atomic E-state index is 13.3. The van der Waals surface area contributed by atoms with Crippen LogP contribution in [0.3, 0.4) is 0 Å². The zero-order chi connectivity index (χ0) is 21.3. The van der Waals surface area contributed by atoms with Crippen molar-refractivity contribution in [3.8, 4) is 0 Å². The number of rotatable bonds is 4. The predicted molar refractivity (Wildman–Crippen MR) is 112 cm³/mol. The standard InChI is InChI=1S/C23H19N3O4/c1-3-30-23(29)16-8-10-17(11-9-16)26-21(27)19-7-5-4-6-18(19)20(22(26)28)12-15-13-24-25(2)14-15/h4-14H,3H2,1-2H3/b20-12-. The summed E-state index contributed by atoms with van der Waals surface area (Å²) < 4.78 is 6.63. The molecule has 0 N–H and O–H groups in total. The van der Waals surface area contributed by atoms with Gasteiger partial charge in [0.2, 0.25) is 0 Å². The van der Waals surface area contributed by atoms with Gasteiger partial charge in [0.1, 0.15) is 0 Å². The minimum Gasteiger partial charge on any atom is -0.462 e. The first kappa shape index (κ1) is 19.3. The summed E-state index contributed by atoms with van der Waals surface area (Å²) in [6.45, 7) is 1.99. The Morgan fingerprint density at radius 2 is 1.73 bits per heavy atom. The van der Waals surface area contributed by atoms with E-state index in [0.717, 1.165) is 10.5 Å². The van der Waals surface area contributed by atoms with Crippen LogP contribution in [0, 0.1) is 0 Å². The summed E-state index contributed by atoms with van der Waals surface area (Å²) >= 11 is 0. The van der Waals surface area contributed by atoms with Gasteiger partial charge in [-0.3, -0.25) is 14.3 Å². The van der Waals surface area contributed by atoms with Gasteiger partial charge in [0.25, 0.3) is 11.8 Å². The van der Waals surface area contributed by atoms with Crippen LogP contribution in [0.5, 0.6) is 0 Å². The zero-order valence-corrected chi connectivity index (χ0v) is 16.5. The molecule has 0 saturated heterocycles. The third-order valence-corrected chi connectivity index (χ3v) is 4.76. The van der Waals surface area contributed by atoms with Crippen LogP contribution in [-0.4, -0.2) is 34.2 Å². The number of nitrogens with zero attached hydrogens (tertiary/aromatic N) is 3. The van der Waals surface area contributed by atoms with Crippen molar-refractivity contribution in [3.63, 3.8) is 0 Å². The molecule has 1 aliphatic rings. The number of esters is 1. The quantitative estimate of drug-likeness (QED) is 0.381. The van der Waals surface area contributed by atoms with E-state index in [9.17, 15) is 14.4 Å². The lowest BCUT2D eigenvalue weighted by Gasteiger charge is -2.28. The van der Waals surface area contributed by atoms with Crippen molar-refractivity contribution in [2.24, 2.45) is 7.05 Å². The molecule has 2 amide bonds. The molecule has 0 radical (unpaired) electrons. The fourth-order valence-corrected chi connectivity index (χ4v) is 3.37. The molecule has 7 heteroatoms. The Balaban J connectivity index is 1.78. The normalized spacial score (nSPS) is 14.7. The lowest BCUT2D eigenvalue weighted by Crippen LogP contribution is -2.41. The van der Waals surface area contributed by atoms with E-state index in [1.807, 2.05) is 0 Å². The molecule has 7 nitrogen and oxygen atoms in total. The number of anilines is 1. The van der Waals surface area contributed by atoms with Crippen LogP contribution in [0.4, 0.5) is 5.69 Å². The zero-order valence-electron chi connectivity index (χ0n) is 16.5. The largest absolute Gasteiger partial charge is 0.462 e. The van der Waals surface area contributed by atoms with Gasteiger partial charge in [-0.25, -0.2) is 9.69 Å². The van der Waals surface area contributed by atoms with Crippen molar-refractivity contribution in [2.45, 2.75) is 6.92 Å². The Labute approximate surface area is 173 Å². The highest BCUT2D eigenvalue weighted by molar-refractivity contribution is 6.43. The Morgan fingerprint density at radius 3 is 2.37 bits per heavy atom. The molecule has 1 aliphatic heterocycles. The second kappa shape index (κ2) is 7.79. The molecule has 4 rings (SSSR count). The number of imide groups is 1. The third kappa shape index (κ3) is 3.41. The van der Waals surface area contributed by atoms with Crippen LogP contribution in [0.15, 0.2) is 60.9 Å². The molecule has 0 atom stereocenters. The van der Waals surface area contributed by atoms with E-state index in [1.54, 1.807) is 85.7 Å². The van der Waals surface area contributed by atoms with E-state index in [2.05, 4.69) is 5.10 Å². The number of aromatic nitrogens is 2. The first-order chi connectivity index (χ1) is 14.5. The molecule has 150 valence electrons. The number of ether oxygens (including phenoxy) is 1. The first-order valence-electron chi connectivity index (χ1n) is 9.45. The van der Waals surface area contributed by atoms with E-state index in [-0.39, 0.29) is 6.61 Å². The van der Waals surface area contributed by atoms with Crippen molar-refractivity contribution in [1.82, 2.24) is 9.78 Å². The fraction of sp³-hybridized carbons (Fsp3) is 0.130. The first-order valence-corrected chi connectivity index (χ1v) is 9.45. The molecule has 1 aromatic heterocycles. The Kier molecular flexibility index (Phi) is 5.02. The monoisotopic (exact) mass is 401 g/mol. The van der Waals surface area contributed by atoms with E-state index < -0.39 is 17.8 Å². The van der Waals surface area contributed by atoms with Gasteiger partial charge in [-0.1, -0.05) is 18.2 Å². The number of hydrogen-bond acceptors (Lipinski definition) is 5.